The highest BCUT2D eigenvalue weighted by Crippen LogP contribution is 2.41. The zero-order valence-electron chi connectivity index (χ0n) is 26.9. The van der Waals surface area contributed by atoms with Crippen LogP contribution in [0, 0.1) is 5.92 Å². The van der Waals surface area contributed by atoms with Crippen molar-refractivity contribution in [3.63, 3.8) is 0 Å². The lowest BCUT2D eigenvalue weighted by atomic mass is 10.1. The van der Waals surface area contributed by atoms with Gasteiger partial charge < -0.3 is 29.6 Å². The molecule has 0 radical (unpaired) electrons. The van der Waals surface area contributed by atoms with Crippen molar-refractivity contribution in [3.05, 3.63) is 35.9 Å². The minimum atomic E-state index is -1.12. The number of hydrogen-bond acceptors (Lipinski definition) is 9. The molecular weight excluding hydrogens is 558 g/mol. The van der Waals surface area contributed by atoms with Crippen molar-refractivity contribution in [1.82, 2.24) is 15.5 Å². The van der Waals surface area contributed by atoms with Gasteiger partial charge in [0.25, 0.3) is 0 Å². The Bertz CT molecular complexity index is 1120. The average molecular weight is 606 g/mol. The van der Waals surface area contributed by atoms with E-state index in [1.54, 1.807) is 74.4 Å². The second-order valence-corrected chi connectivity index (χ2v) is 13.7. The Kier molecular flexibility index (Phi) is 11.6. The van der Waals surface area contributed by atoms with Crippen LogP contribution in [0.2, 0.25) is 0 Å². The van der Waals surface area contributed by atoms with Crippen molar-refractivity contribution in [3.8, 4) is 0 Å². The van der Waals surface area contributed by atoms with E-state index in [1.165, 1.54) is 6.92 Å². The molecular formula is C31H47N3O9. The Morgan fingerprint density at radius 3 is 1.81 bits per heavy atom. The maximum absolute atomic E-state index is 13.1. The smallest absolute Gasteiger partial charge is 0.420 e. The molecule has 0 spiro atoms. The lowest BCUT2D eigenvalue weighted by Gasteiger charge is -2.29. The predicted molar refractivity (Wildman–Crippen MR) is 158 cm³/mol. The van der Waals surface area contributed by atoms with Crippen molar-refractivity contribution in [2.45, 2.75) is 124 Å². The minimum Gasteiger partial charge on any atom is -0.458 e. The van der Waals surface area contributed by atoms with Crippen LogP contribution < -0.4 is 10.6 Å². The zero-order chi connectivity index (χ0) is 32.8. The van der Waals surface area contributed by atoms with Gasteiger partial charge in [0.05, 0.1) is 0 Å². The van der Waals surface area contributed by atoms with Gasteiger partial charge in [-0.25, -0.2) is 24.1 Å². The molecule has 12 nitrogen and oxygen atoms in total. The largest absolute Gasteiger partial charge is 0.458 e. The Morgan fingerprint density at radius 2 is 1.33 bits per heavy atom. The van der Waals surface area contributed by atoms with Crippen LogP contribution in [0.5, 0.6) is 0 Å². The van der Waals surface area contributed by atoms with Crippen LogP contribution in [-0.4, -0.2) is 70.0 Å². The molecule has 1 aromatic carbocycles. The highest BCUT2D eigenvalue weighted by atomic mass is 16.6. The Labute approximate surface area is 254 Å². The number of alkyl carbamates (subject to hydrolysis) is 1. The van der Waals surface area contributed by atoms with Gasteiger partial charge >= 0.3 is 24.2 Å². The van der Waals surface area contributed by atoms with E-state index in [1.807, 2.05) is 18.2 Å². The van der Waals surface area contributed by atoms with Crippen LogP contribution in [0.1, 0.15) is 87.6 Å². The number of carbonyl (C=O) groups is 5. The van der Waals surface area contributed by atoms with Crippen LogP contribution in [0.15, 0.2) is 30.3 Å². The van der Waals surface area contributed by atoms with Gasteiger partial charge in [0, 0.05) is 6.04 Å². The number of carbonyl (C=O) groups excluding carboxylic acids is 5. The molecule has 0 aromatic heterocycles. The van der Waals surface area contributed by atoms with Gasteiger partial charge in [-0.3, -0.25) is 4.79 Å². The molecule has 0 bridgehead atoms. The third-order valence-electron chi connectivity index (χ3n) is 5.88. The fourth-order valence-electron chi connectivity index (χ4n) is 3.96. The van der Waals surface area contributed by atoms with Gasteiger partial charge in [-0.1, -0.05) is 30.3 Å². The molecule has 2 N–H and O–H groups in total. The first-order chi connectivity index (χ1) is 19.6. The first kappa shape index (κ1) is 35.4. The van der Waals surface area contributed by atoms with Gasteiger partial charge in [0.15, 0.2) is 0 Å². The van der Waals surface area contributed by atoms with E-state index in [-0.39, 0.29) is 18.9 Å². The summed E-state index contributed by atoms with van der Waals surface area (Å²) in [4.78, 5) is 65.4. The maximum Gasteiger partial charge on any atom is 0.420 e. The third kappa shape index (κ3) is 12.9. The van der Waals surface area contributed by atoms with E-state index in [9.17, 15) is 24.0 Å². The van der Waals surface area contributed by atoms with E-state index < -0.39 is 65.1 Å². The summed E-state index contributed by atoms with van der Waals surface area (Å²) in [5, 5.41) is 5.11. The molecule has 240 valence electrons. The summed E-state index contributed by atoms with van der Waals surface area (Å²) < 4.78 is 21.6. The van der Waals surface area contributed by atoms with Crippen molar-refractivity contribution in [2.24, 2.45) is 5.92 Å². The molecule has 0 heterocycles. The number of nitrogens with one attached hydrogen (secondary N) is 2. The molecule has 1 aliphatic carbocycles. The topological polar surface area (TPSA) is 150 Å². The summed E-state index contributed by atoms with van der Waals surface area (Å²) >= 11 is 0. The second-order valence-electron chi connectivity index (χ2n) is 13.7. The summed E-state index contributed by atoms with van der Waals surface area (Å²) in [6, 6.07) is 6.29. The minimum absolute atomic E-state index is 0.0242. The number of esters is 1. The van der Waals surface area contributed by atoms with Crippen molar-refractivity contribution < 1.29 is 42.9 Å². The van der Waals surface area contributed by atoms with Crippen LogP contribution >= 0.6 is 0 Å². The van der Waals surface area contributed by atoms with E-state index in [0.29, 0.717) is 6.42 Å². The van der Waals surface area contributed by atoms with Crippen LogP contribution in [0.3, 0.4) is 0 Å². The summed E-state index contributed by atoms with van der Waals surface area (Å²) in [6.45, 7) is 16.7. The molecule has 12 heteroatoms. The van der Waals surface area contributed by atoms with E-state index >= 15 is 0 Å². The number of imide groups is 1. The Hall–Kier alpha value is -3.83. The summed E-state index contributed by atoms with van der Waals surface area (Å²) in [5.74, 6) is -1.68. The van der Waals surface area contributed by atoms with Gasteiger partial charge in [-0.2, -0.15) is 0 Å². The number of ether oxygens (including phenoxy) is 4. The highest BCUT2D eigenvalue weighted by molar-refractivity contribution is 5.90. The molecule has 0 saturated heterocycles. The van der Waals surface area contributed by atoms with E-state index in [4.69, 9.17) is 18.9 Å². The SMILES string of the molecule is C[C@H](NC(=O)OCc1ccccc1)C(=O)N[C@@H](C[C@H]1C[C@@H]1N(C(=O)OC(C)(C)C)C(=O)OC(C)(C)C)C(=O)OC(C)(C)C. The molecule has 1 aromatic rings. The molecule has 4 amide bonds. The van der Waals surface area contributed by atoms with E-state index in [2.05, 4.69) is 10.6 Å². The standard InChI is InChI=1S/C31H47N3O9/c1-19(32-26(37)40-18-20-14-12-11-13-15-20)24(35)33-22(25(36)41-29(2,3)4)16-21-17-23(21)34(27(38)42-30(5,6)7)28(39)43-31(8,9)10/h11-15,19,21-23H,16-18H2,1-10H3,(H,32,37)(H,33,35)/t19-,21-,22-,23-/m0/s1. The number of benzene rings is 1. The summed E-state index contributed by atoms with van der Waals surface area (Å²) in [5.41, 5.74) is -1.78. The molecule has 43 heavy (non-hydrogen) atoms. The number of nitrogens with zero attached hydrogens (tertiary/aromatic N) is 1. The lowest BCUT2D eigenvalue weighted by molar-refractivity contribution is -0.159. The molecule has 4 atom stereocenters. The highest BCUT2D eigenvalue weighted by Gasteiger charge is 2.51. The van der Waals surface area contributed by atoms with Gasteiger partial charge in [-0.15, -0.1) is 0 Å². The fourth-order valence-corrected chi connectivity index (χ4v) is 3.96. The third-order valence-corrected chi connectivity index (χ3v) is 5.88. The van der Waals surface area contributed by atoms with Gasteiger partial charge in [0.2, 0.25) is 5.91 Å². The van der Waals surface area contributed by atoms with Crippen LogP contribution in [0.4, 0.5) is 14.4 Å². The van der Waals surface area contributed by atoms with Crippen LogP contribution in [-0.2, 0) is 35.1 Å². The average Bonchev–Trinajstić information content (AvgIpc) is 3.57. The zero-order valence-corrected chi connectivity index (χ0v) is 26.9. The number of amides is 4. The molecule has 1 saturated carbocycles. The molecule has 0 unspecified atom stereocenters. The molecule has 2 rings (SSSR count). The summed E-state index contributed by atoms with van der Waals surface area (Å²) in [7, 11) is 0. The molecule has 1 fully saturated rings. The number of hydrogen-bond donors (Lipinski definition) is 2. The summed E-state index contributed by atoms with van der Waals surface area (Å²) in [6.07, 6.45) is -2.09. The lowest BCUT2D eigenvalue weighted by Crippen LogP contribution is -2.52. The molecule has 1 aliphatic rings. The predicted octanol–water partition coefficient (Wildman–Crippen LogP) is 5.08. The maximum atomic E-state index is 13.1. The quantitative estimate of drug-likeness (QED) is 0.290. The second kappa shape index (κ2) is 14.1. The Balaban J connectivity index is 2.12. The van der Waals surface area contributed by atoms with E-state index in [0.717, 1.165) is 10.5 Å². The van der Waals surface area contributed by atoms with Crippen molar-refractivity contribution >= 4 is 30.2 Å². The fraction of sp³-hybridized carbons (Fsp3) is 0.645. The first-order valence-corrected chi connectivity index (χ1v) is 14.4. The monoisotopic (exact) mass is 605 g/mol. The number of rotatable bonds is 9. The molecule has 0 aliphatic heterocycles. The van der Waals surface area contributed by atoms with Crippen molar-refractivity contribution in [2.75, 3.05) is 0 Å². The first-order valence-electron chi connectivity index (χ1n) is 14.4. The Morgan fingerprint density at radius 1 is 0.814 bits per heavy atom. The normalized spacial score (nSPS) is 17.9. The van der Waals surface area contributed by atoms with Crippen LogP contribution in [0.25, 0.3) is 0 Å². The van der Waals surface area contributed by atoms with Gasteiger partial charge in [-0.05, 0) is 93.6 Å². The van der Waals surface area contributed by atoms with Gasteiger partial charge in [0.1, 0.15) is 35.5 Å². The van der Waals surface area contributed by atoms with Crippen molar-refractivity contribution in [1.29, 1.82) is 0 Å².